The Morgan fingerprint density at radius 1 is 0.968 bits per heavy atom. The highest BCUT2D eigenvalue weighted by atomic mass is 35.5. The van der Waals surface area contributed by atoms with Gasteiger partial charge in [0.1, 0.15) is 22.0 Å². The minimum atomic E-state index is -4.06. The van der Waals surface area contributed by atoms with Crippen LogP contribution < -0.4 is 10.0 Å². The molecule has 0 fully saturated rings. The first-order valence-corrected chi connectivity index (χ1v) is 11.8. The SMILES string of the molecule is O=C(NCc1ccc(Cl)cc1)[C@H](NS(=O)(=O)c1cccc2nsnc12)c1ccccc1. The summed E-state index contributed by atoms with van der Waals surface area (Å²) in [6.07, 6.45) is 0. The monoisotopic (exact) mass is 472 g/mol. The van der Waals surface area contributed by atoms with Crippen LogP contribution >= 0.6 is 23.3 Å². The number of hydrogen-bond donors (Lipinski definition) is 2. The molecule has 0 bridgehead atoms. The fourth-order valence-electron chi connectivity index (χ4n) is 3.03. The molecule has 3 aromatic carbocycles. The zero-order chi connectivity index (χ0) is 21.8. The summed E-state index contributed by atoms with van der Waals surface area (Å²) in [5.41, 5.74) is 2.11. The van der Waals surface area contributed by atoms with Crippen LogP contribution in [0.1, 0.15) is 17.2 Å². The second-order valence-corrected chi connectivity index (χ2v) is 9.34. The number of amides is 1. The summed E-state index contributed by atoms with van der Waals surface area (Å²) in [7, 11) is -4.06. The zero-order valence-electron chi connectivity index (χ0n) is 16.0. The van der Waals surface area contributed by atoms with Gasteiger partial charge in [0, 0.05) is 11.6 Å². The van der Waals surface area contributed by atoms with E-state index in [1.807, 2.05) is 0 Å². The molecule has 0 radical (unpaired) electrons. The maximum atomic E-state index is 13.2. The van der Waals surface area contributed by atoms with Crippen molar-refractivity contribution in [2.24, 2.45) is 0 Å². The van der Waals surface area contributed by atoms with E-state index in [4.69, 9.17) is 11.6 Å². The number of carbonyl (C=O) groups excluding carboxylic acids is 1. The van der Waals surface area contributed by atoms with Gasteiger partial charge in [-0.15, -0.1) is 0 Å². The summed E-state index contributed by atoms with van der Waals surface area (Å²) in [6, 6.07) is 19.3. The van der Waals surface area contributed by atoms with Crippen LogP contribution in [0.5, 0.6) is 0 Å². The van der Waals surface area contributed by atoms with E-state index in [2.05, 4.69) is 18.8 Å². The minimum Gasteiger partial charge on any atom is -0.350 e. The predicted octanol–water partition coefficient (Wildman–Crippen LogP) is 3.68. The van der Waals surface area contributed by atoms with Gasteiger partial charge in [0.05, 0.1) is 11.7 Å². The zero-order valence-corrected chi connectivity index (χ0v) is 18.4. The first kappa shape index (κ1) is 21.4. The second kappa shape index (κ2) is 9.11. The molecular formula is C21H17ClN4O3S2. The molecule has 0 unspecified atom stereocenters. The summed E-state index contributed by atoms with van der Waals surface area (Å²) in [6.45, 7) is 0.229. The molecule has 158 valence electrons. The van der Waals surface area contributed by atoms with Crippen LogP contribution in [0, 0.1) is 0 Å². The third-order valence-corrected chi connectivity index (χ3v) is 6.84. The second-order valence-electron chi connectivity index (χ2n) is 6.70. The molecule has 10 heteroatoms. The molecule has 31 heavy (non-hydrogen) atoms. The van der Waals surface area contributed by atoms with E-state index < -0.39 is 22.0 Å². The summed E-state index contributed by atoms with van der Waals surface area (Å²) < 4.78 is 37.1. The van der Waals surface area contributed by atoms with Crippen LogP contribution in [0.2, 0.25) is 5.02 Å². The summed E-state index contributed by atoms with van der Waals surface area (Å²) >= 11 is 6.83. The van der Waals surface area contributed by atoms with Gasteiger partial charge in [-0.05, 0) is 35.4 Å². The van der Waals surface area contributed by atoms with Gasteiger partial charge in [0.15, 0.2) is 0 Å². The molecule has 1 aromatic heterocycles. The Hall–Kier alpha value is -2.85. The number of hydrogen-bond acceptors (Lipinski definition) is 6. The van der Waals surface area contributed by atoms with Crippen molar-refractivity contribution < 1.29 is 13.2 Å². The molecule has 0 aliphatic heterocycles. The molecule has 0 spiro atoms. The summed E-state index contributed by atoms with van der Waals surface area (Å²) in [4.78, 5) is 13.0. The Balaban J connectivity index is 1.61. The summed E-state index contributed by atoms with van der Waals surface area (Å²) in [5, 5.41) is 3.38. The van der Waals surface area contributed by atoms with Crippen molar-refractivity contribution in [2.75, 3.05) is 0 Å². The van der Waals surface area contributed by atoms with Crippen LogP contribution in [-0.4, -0.2) is 23.1 Å². The molecule has 0 aliphatic carbocycles. The smallest absolute Gasteiger partial charge is 0.243 e. The van der Waals surface area contributed by atoms with Gasteiger partial charge in [0.25, 0.3) is 0 Å². The molecule has 1 amide bonds. The Kier molecular flexibility index (Phi) is 6.28. The van der Waals surface area contributed by atoms with Gasteiger partial charge in [-0.1, -0.05) is 60.1 Å². The van der Waals surface area contributed by atoms with E-state index in [0.717, 1.165) is 17.3 Å². The highest BCUT2D eigenvalue weighted by Gasteiger charge is 2.29. The van der Waals surface area contributed by atoms with Gasteiger partial charge in [-0.2, -0.15) is 13.5 Å². The molecule has 1 heterocycles. The van der Waals surface area contributed by atoms with Crippen LogP contribution in [-0.2, 0) is 21.4 Å². The highest BCUT2D eigenvalue weighted by Crippen LogP contribution is 2.24. The topological polar surface area (TPSA) is 101 Å². The van der Waals surface area contributed by atoms with E-state index in [1.165, 1.54) is 6.07 Å². The van der Waals surface area contributed by atoms with Crippen molar-refractivity contribution in [3.8, 4) is 0 Å². The number of aromatic nitrogens is 2. The van der Waals surface area contributed by atoms with E-state index in [-0.39, 0.29) is 17.0 Å². The fourth-order valence-corrected chi connectivity index (χ4v) is 5.11. The molecule has 4 aromatic rings. The molecule has 0 aliphatic rings. The first-order chi connectivity index (χ1) is 14.9. The lowest BCUT2D eigenvalue weighted by molar-refractivity contribution is -0.123. The van der Waals surface area contributed by atoms with Crippen molar-refractivity contribution >= 4 is 50.3 Å². The Labute approximate surface area is 188 Å². The predicted molar refractivity (Wildman–Crippen MR) is 120 cm³/mol. The van der Waals surface area contributed by atoms with Gasteiger partial charge in [-0.25, -0.2) is 8.42 Å². The number of halogens is 1. The number of rotatable bonds is 7. The lowest BCUT2D eigenvalue weighted by Crippen LogP contribution is -2.40. The molecular weight excluding hydrogens is 456 g/mol. The number of fused-ring (bicyclic) bond motifs is 1. The van der Waals surface area contributed by atoms with Gasteiger partial charge in [0.2, 0.25) is 15.9 Å². The Bertz CT molecular complexity index is 1310. The molecule has 2 N–H and O–H groups in total. The number of benzene rings is 3. The maximum absolute atomic E-state index is 13.2. The third kappa shape index (κ3) is 4.91. The molecule has 0 saturated heterocycles. The maximum Gasteiger partial charge on any atom is 0.243 e. The van der Waals surface area contributed by atoms with E-state index in [0.29, 0.717) is 16.1 Å². The standard InChI is InChI=1S/C21H17ClN4O3S2/c22-16-11-9-14(10-12-16)13-23-21(27)19(15-5-2-1-3-6-15)26-31(28,29)18-8-4-7-17-20(18)25-30-24-17/h1-12,19,26H,13H2,(H,23,27)/t19-/m1/s1. The van der Waals surface area contributed by atoms with Crippen molar-refractivity contribution in [2.45, 2.75) is 17.5 Å². The number of nitrogens with one attached hydrogen (secondary N) is 2. The van der Waals surface area contributed by atoms with Crippen LogP contribution in [0.15, 0.2) is 77.7 Å². The van der Waals surface area contributed by atoms with Crippen LogP contribution in [0.25, 0.3) is 11.0 Å². The quantitative estimate of drug-likeness (QED) is 0.427. The fraction of sp³-hybridized carbons (Fsp3) is 0.0952. The summed E-state index contributed by atoms with van der Waals surface area (Å²) in [5.74, 6) is -0.478. The van der Waals surface area contributed by atoms with Crippen molar-refractivity contribution in [1.29, 1.82) is 0 Å². The first-order valence-electron chi connectivity index (χ1n) is 9.25. The van der Waals surface area contributed by atoms with Gasteiger partial charge < -0.3 is 5.32 Å². The normalized spacial score (nSPS) is 12.5. The lowest BCUT2D eigenvalue weighted by Gasteiger charge is -2.19. The van der Waals surface area contributed by atoms with Crippen LogP contribution in [0.3, 0.4) is 0 Å². The Morgan fingerprint density at radius 3 is 2.45 bits per heavy atom. The third-order valence-electron chi connectivity index (χ3n) is 4.59. The minimum absolute atomic E-state index is 0.0230. The lowest BCUT2D eigenvalue weighted by atomic mass is 10.1. The van der Waals surface area contributed by atoms with Gasteiger partial charge >= 0.3 is 0 Å². The van der Waals surface area contributed by atoms with Crippen molar-refractivity contribution in [3.63, 3.8) is 0 Å². The van der Waals surface area contributed by atoms with E-state index in [9.17, 15) is 13.2 Å². The largest absolute Gasteiger partial charge is 0.350 e. The number of nitrogens with zero attached hydrogens (tertiary/aromatic N) is 2. The van der Waals surface area contributed by atoms with E-state index >= 15 is 0 Å². The average Bonchev–Trinajstić information content (AvgIpc) is 3.26. The average molecular weight is 473 g/mol. The van der Waals surface area contributed by atoms with Crippen molar-refractivity contribution in [3.05, 3.63) is 88.9 Å². The Morgan fingerprint density at radius 2 is 1.71 bits per heavy atom. The van der Waals surface area contributed by atoms with E-state index in [1.54, 1.807) is 66.7 Å². The molecule has 7 nitrogen and oxygen atoms in total. The molecule has 0 saturated carbocycles. The number of sulfonamides is 1. The van der Waals surface area contributed by atoms with Crippen LogP contribution in [0.4, 0.5) is 0 Å². The van der Waals surface area contributed by atoms with Gasteiger partial charge in [-0.3, -0.25) is 4.79 Å². The number of carbonyl (C=O) groups is 1. The molecule has 4 rings (SSSR count). The highest BCUT2D eigenvalue weighted by molar-refractivity contribution is 7.89. The van der Waals surface area contributed by atoms with Crippen molar-refractivity contribution in [1.82, 2.24) is 18.8 Å². The molecule has 1 atom stereocenters.